The van der Waals surface area contributed by atoms with Gasteiger partial charge >= 0.3 is 5.97 Å². The molecule has 0 aliphatic carbocycles. The van der Waals surface area contributed by atoms with Crippen LogP contribution in [0.5, 0.6) is 0 Å². The monoisotopic (exact) mass is 246 g/mol. The van der Waals surface area contributed by atoms with Gasteiger partial charge in [-0.15, -0.1) is 0 Å². The Balaban J connectivity index is 4.15. The first-order chi connectivity index (χ1) is 8.02. The normalized spacial score (nSPS) is 14.1. The van der Waals surface area contributed by atoms with E-state index in [0.29, 0.717) is 25.9 Å². The predicted molar refractivity (Wildman–Crippen MR) is 63.6 cm³/mol. The second-order valence-electron chi connectivity index (χ2n) is 3.93. The molecule has 17 heavy (non-hydrogen) atoms. The Hall–Kier alpha value is -1.14. The van der Waals surface area contributed by atoms with E-state index in [-0.39, 0.29) is 0 Å². The fraction of sp³-hybridized carbons (Fsp3) is 0.818. The number of methoxy groups -OCH3 is 1. The number of hydrogen-bond donors (Lipinski definition) is 3. The molecule has 0 aliphatic rings. The lowest BCUT2D eigenvalue weighted by atomic mass is 10.1. The van der Waals surface area contributed by atoms with Crippen molar-refractivity contribution >= 4 is 11.9 Å². The fourth-order valence-electron chi connectivity index (χ4n) is 1.41. The Morgan fingerprint density at radius 3 is 2.53 bits per heavy atom. The molecular formula is C11H22N2O4. The average molecular weight is 246 g/mol. The van der Waals surface area contributed by atoms with Gasteiger partial charge in [0.25, 0.3) is 0 Å². The van der Waals surface area contributed by atoms with Gasteiger partial charge in [0.15, 0.2) is 0 Å². The second kappa shape index (κ2) is 8.95. The highest BCUT2D eigenvalue weighted by atomic mass is 16.5. The summed E-state index contributed by atoms with van der Waals surface area (Å²) in [6.45, 7) is 2.39. The lowest BCUT2D eigenvalue weighted by molar-refractivity contribution is -0.142. The lowest BCUT2D eigenvalue weighted by Gasteiger charge is -2.17. The van der Waals surface area contributed by atoms with Gasteiger partial charge in [0.1, 0.15) is 6.04 Å². The molecule has 6 heteroatoms. The first-order valence-electron chi connectivity index (χ1n) is 5.80. The smallest absolute Gasteiger partial charge is 0.326 e. The zero-order valence-electron chi connectivity index (χ0n) is 10.4. The third kappa shape index (κ3) is 6.91. The largest absolute Gasteiger partial charge is 0.480 e. The van der Waals surface area contributed by atoms with Crippen LogP contribution in [0.4, 0.5) is 0 Å². The van der Waals surface area contributed by atoms with E-state index < -0.39 is 24.0 Å². The van der Waals surface area contributed by atoms with Gasteiger partial charge in [0.2, 0.25) is 5.91 Å². The zero-order valence-corrected chi connectivity index (χ0v) is 10.4. The standard InChI is InChI=1S/C11H22N2O4/c1-3-5-8(12)10(14)13-9(11(15)16)6-4-7-17-2/h8-9H,3-7,12H2,1-2H3,(H,13,14)(H,15,16)/t8-,9?/m1/s1. The van der Waals surface area contributed by atoms with Crippen molar-refractivity contribution in [1.29, 1.82) is 0 Å². The van der Waals surface area contributed by atoms with Crippen LogP contribution in [0.15, 0.2) is 0 Å². The van der Waals surface area contributed by atoms with Crippen LogP contribution in [0.2, 0.25) is 0 Å². The molecule has 0 saturated heterocycles. The maximum absolute atomic E-state index is 11.5. The SMILES string of the molecule is CCC[C@@H](N)C(=O)NC(CCCOC)C(=O)O. The van der Waals surface area contributed by atoms with Crippen molar-refractivity contribution < 1.29 is 19.4 Å². The maximum atomic E-state index is 11.5. The van der Waals surface area contributed by atoms with Gasteiger partial charge < -0.3 is 20.9 Å². The minimum atomic E-state index is -1.04. The number of carboxylic acid groups (broad SMARTS) is 1. The van der Waals surface area contributed by atoms with Gasteiger partial charge in [0, 0.05) is 13.7 Å². The predicted octanol–water partition coefficient (Wildman–Crippen LogP) is 0.110. The van der Waals surface area contributed by atoms with Gasteiger partial charge in [-0.1, -0.05) is 13.3 Å². The Labute approximate surface area is 102 Å². The third-order valence-corrected chi connectivity index (χ3v) is 2.39. The number of nitrogens with two attached hydrogens (primary N) is 1. The van der Waals surface area contributed by atoms with E-state index in [4.69, 9.17) is 15.6 Å². The van der Waals surface area contributed by atoms with Crippen LogP contribution in [0, 0.1) is 0 Å². The Morgan fingerprint density at radius 2 is 2.06 bits per heavy atom. The highest BCUT2D eigenvalue weighted by Crippen LogP contribution is 2.00. The van der Waals surface area contributed by atoms with Crippen LogP contribution in [-0.4, -0.2) is 42.8 Å². The van der Waals surface area contributed by atoms with Crippen molar-refractivity contribution in [1.82, 2.24) is 5.32 Å². The van der Waals surface area contributed by atoms with E-state index in [1.165, 1.54) is 0 Å². The quantitative estimate of drug-likeness (QED) is 0.501. The van der Waals surface area contributed by atoms with Gasteiger partial charge in [-0.05, 0) is 19.3 Å². The second-order valence-corrected chi connectivity index (χ2v) is 3.93. The van der Waals surface area contributed by atoms with Crippen molar-refractivity contribution in [2.24, 2.45) is 5.73 Å². The van der Waals surface area contributed by atoms with E-state index >= 15 is 0 Å². The van der Waals surface area contributed by atoms with Crippen LogP contribution >= 0.6 is 0 Å². The summed E-state index contributed by atoms with van der Waals surface area (Å²) in [7, 11) is 1.55. The minimum Gasteiger partial charge on any atom is -0.480 e. The number of carbonyl (C=O) groups excluding carboxylic acids is 1. The molecule has 1 unspecified atom stereocenters. The van der Waals surface area contributed by atoms with Gasteiger partial charge in [0.05, 0.1) is 6.04 Å². The van der Waals surface area contributed by atoms with E-state index in [2.05, 4.69) is 5.32 Å². The van der Waals surface area contributed by atoms with Crippen molar-refractivity contribution in [2.75, 3.05) is 13.7 Å². The number of hydrogen-bond acceptors (Lipinski definition) is 4. The van der Waals surface area contributed by atoms with Gasteiger partial charge in [-0.3, -0.25) is 4.79 Å². The Kier molecular flexibility index (Phi) is 8.35. The molecule has 0 fully saturated rings. The number of nitrogens with one attached hydrogen (secondary N) is 1. The van der Waals surface area contributed by atoms with Crippen LogP contribution < -0.4 is 11.1 Å². The number of aliphatic carboxylic acids is 1. The number of rotatable bonds is 9. The Morgan fingerprint density at radius 1 is 1.41 bits per heavy atom. The van der Waals surface area contributed by atoms with E-state index in [1.54, 1.807) is 7.11 Å². The summed E-state index contributed by atoms with van der Waals surface area (Å²) in [5, 5.41) is 11.4. The summed E-state index contributed by atoms with van der Waals surface area (Å²) in [5.74, 6) is -1.45. The molecule has 0 radical (unpaired) electrons. The fourth-order valence-corrected chi connectivity index (χ4v) is 1.41. The number of carboxylic acids is 1. The highest BCUT2D eigenvalue weighted by Gasteiger charge is 2.22. The lowest BCUT2D eigenvalue weighted by Crippen LogP contribution is -2.48. The molecule has 0 bridgehead atoms. The molecule has 4 N–H and O–H groups in total. The van der Waals surface area contributed by atoms with Crippen LogP contribution in [0.1, 0.15) is 32.6 Å². The van der Waals surface area contributed by atoms with Crippen LogP contribution in [0.25, 0.3) is 0 Å². The molecular weight excluding hydrogens is 224 g/mol. The molecule has 100 valence electrons. The van der Waals surface area contributed by atoms with Crippen LogP contribution in [-0.2, 0) is 14.3 Å². The topological polar surface area (TPSA) is 102 Å². The summed E-state index contributed by atoms with van der Waals surface area (Å²) < 4.78 is 4.83. The third-order valence-electron chi connectivity index (χ3n) is 2.39. The molecule has 0 aromatic carbocycles. The van der Waals surface area contributed by atoms with E-state index in [0.717, 1.165) is 6.42 Å². The van der Waals surface area contributed by atoms with Gasteiger partial charge in [-0.25, -0.2) is 4.79 Å². The molecule has 0 aromatic rings. The first kappa shape index (κ1) is 15.9. The summed E-state index contributed by atoms with van der Waals surface area (Å²) in [5.41, 5.74) is 5.60. The van der Waals surface area contributed by atoms with Gasteiger partial charge in [-0.2, -0.15) is 0 Å². The zero-order chi connectivity index (χ0) is 13.3. The molecule has 2 atom stereocenters. The minimum absolute atomic E-state index is 0.341. The Bertz CT molecular complexity index is 246. The molecule has 0 saturated carbocycles. The van der Waals surface area contributed by atoms with Crippen molar-refractivity contribution in [2.45, 2.75) is 44.7 Å². The molecule has 0 spiro atoms. The van der Waals surface area contributed by atoms with Crippen molar-refractivity contribution in [3.63, 3.8) is 0 Å². The molecule has 6 nitrogen and oxygen atoms in total. The number of amides is 1. The summed E-state index contributed by atoms with van der Waals surface area (Å²) >= 11 is 0. The van der Waals surface area contributed by atoms with Crippen molar-refractivity contribution in [3.8, 4) is 0 Å². The first-order valence-corrected chi connectivity index (χ1v) is 5.80. The summed E-state index contributed by atoms with van der Waals surface area (Å²) in [6, 6.07) is -1.52. The van der Waals surface area contributed by atoms with E-state index in [1.807, 2.05) is 6.92 Å². The molecule has 0 aliphatic heterocycles. The average Bonchev–Trinajstić information content (AvgIpc) is 2.27. The molecule has 0 heterocycles. The maximum Gasteiger partial charge on any atom is 0.326 e. The van der Waals surface area contributed by atoms with Crippen molar-refractivity contribution in [3.05, 3.63) is 0 Å². The van der Waals surface area contributed by atoms with E-state index in [9.17, 15) is 9.59 Å². The summed E-state index contributed by atoms with van der Waals surface area (Å²) in [4.78, 5) is 22.5. The number of carbonyl (C=O) groups is 2. The molecule has 1 amide bonds. The number of ether oxygens (including phenoxy) is 1. The highest BCUT2D eigenvalue weighted by molar-refractivity contribution is 5.86. The molecule has 0 aromatic heterocycles. The summed E-state index contributed by atoms with van der Waals surface area (Å²) in [6.07, 6.45) is 2.26. The van der Waals surface area contributed by atoms with Crippen LogP contribution in [0.3, 0.4) is 0 Å². The molecule has 0 rings (SSSR count).